The number of carbonyl (C=O) groups excluding carboxylic acids is 2. The molecule has 2 amide bonds. The molecule has 0 spiro atoms. The molecule has 36 heavy (non-hydrogen) atoms. The number of nitrogens with zero attached hydrogens (tertiary/aromatic N) is 1. The van der Waals surface area contributed by atoms with Crippen LogP contribution in [0.2, 0.25) is 0 Å². The predicted molar refractivity (Wildman–Crippen MR) is 142 cm³/mol. The fourth-order valence-electron chi connectivity index (χ4n) is 5.36. The zero-order valence-corrected chi connectivity index (χ0v) is 22.4. The number of nitrogens with one attached hydrogen (secondary N) is 1. The number of hydrogen-bond donors (Lipinski definition) is 1. The molecule has 4 atom stereocenters. The molecule has 3 aliphatic rings. The number of carbonyl (C=O) groups is 2. The molecule has 1 unspecified atom stereocenters. The van der Waals surface area contributed by atoms with E-state index in [1.807, 2.05) is 36.1 Å². The highest BCUT2D eigenvalue weighted by Gasteiger charge is 2.53. The van der Waals surface area contributed by atoms with E-state index in [-0.39, 0.29) is 29.3 Å². The first kappa shape index (κ1) is 26.8. The minimum atomic E-state index is -0.988. The molecule has 0 saturated carbocycles. The van der Waals surface area contributed by atoms with Crippen LogP contribution in [0.15, 0.2) is 48.1 Å². The summed E-state index contributed by atoms with van der Waals surface area (Å²) in [6.07, 6.45) is 12.0. The van der Waals surface area contributed by atoms with E-state index in [9.17, 15) is 9.59 Å². The van der Waals surface area contributed by atoms with Gasteiger partial charge in [-0.3, -0.25) is 9.59 Å². The maximum atomic E-state index is 13.0. The molecule has 8 heteroatoms. The van der Waals surface area contributed by atoms with Crippen molar-refractivity contribution in [3.05, 3.63) is 53.6 Å². The van der Waals surface area contributed by atoms with E-state index in [0.29, 0.717) is 18.7 Å². The molecule has 1 N–H and O–H groups in total. The number of methoxy groups -OCH3 is 2. The lowest BCUT2D eigenvalue weighted by Gasteiger charge is -2.48. The summed E-state index contributed by atoms with van der Waals surface area (Å²) < 4.78 is 18.1. The van der Waals surface area contributed by atoms with Gasteiger partial charge < -0.3 is 24.4 Å². The van der Waals surface area contributed by atoms with Gasteiger partial charge in [-0.2, -0.15) is 0 Å². The molecule has 7 nitrogen and oxygen atoms in total. The van der Waals surface area contributed by atoms with E-state index in [4.69, 9.17) is 14.2 Å². The third kappa shape index (κ3) is 6.52. The minimum absolute atomic E-state index is 0.0180. The number of amides is 2. The number of hydrogen-bond acceptors (Lipinski definition) is 6. The molecule has 1 aromatic carbocycles. The van der Waals surface area contributed by atoms with Crippen molar-refractivity contribution in [3.63, 3.8) is 0 Å². The van der Waals surface area contributed by atoms with Crippen molar-refractivity contribution in [1.82, 2.24) is 10.2 Å². The maximum Gasteiger partial charge on any atom is 0.282 e. The molecule has 3 aliphatic heterocycles. The Morgan fingerprint density at radius 3 is 2.69 bits per heavy atom. The van der Waals surface area contributed by atoms with Gasteiger partial charge in [0, 0.05) is 37.9 Å². The van der Waals surface area contributed by atoms with E-state index in [1.54, 1.807) is 20.3 Å². The summed E-state index contributed by atoms with van der Waals surface area (Å²) in [4.78, 5) is 27.7. The number of rotatable bonds is 5. The van der Waals surface area contributed by atoms with Crippen LogP contribution in [0.1, 0.15) is 57.4 Å². The first-order valence-electron chi connectivity index (χ1n) is 12.8. The van der Waals surface area contributed by atoms with Crippen LogP contribution in [0.25, 0.3) is 0 Å². The van der Waals surface area contributed by atoms with Crippen molar-refractivity contribution in [2.45, 2.75) is 82.4 Å². The number of fused-ring (bicyclic) bond motifs is 2. The van der Waals surface area contributed by atoms with Crippen molar-refractivity contribution in [1.29, 1.82) is 0 Å². The van der Waals surface area contributed by atoms with Crippen LogP contribution in [0.3, 0.4) is 0 Å². The highest BCUT2D eigenvalue weighted by Crippen LogP contribution is 2.42. The lowest BCUT2D eigenvalue weighted by atomic mass is 9.89. The predicted octanol–water partition coefficient (Wildman–Crippen LogP) is 5.21. The average molecular weight is 515 g/mol. The molecular formula is C28H38N2O5S. The average Bonchev–Trinajstić information content (AvgIpc) is 3.23. The Hall–Kier alpha value is -2.29. The number of benzene rings is 1. The zero-order valence-electron chi connectivity index (χ0n) is 21.5. The fourth-order valence-corrected chi connectivity index (χ4v) is 6.45. The Balaban J connectivity index is 1.58. The molecule has 3 heterocycles. The molecule has 0 aromatic heterocycles. The number of thioether (sulfide) groups is 1. The van der Waals surface area contributed by atoms with E-state index in [0.717, 1.165) is 55.4 Å². The second kappa shape index (κ2) is 12.3. The topological polar surface area (TPSA) is 77.1 Å². The summed E-state index contributed by atoms with van der Waals surface area (Å²) in [6, 6.07) is 7.41. The highest BCUT2D eigenvalue weighted by molar-refractivity contribution is 8.13. The normalized spacial score (nSPS) is 29.9. The molecule has 1 aromatic rings. The molecule has 2 saturated heterocycles. The summed E-state index contributed by atoms with van der Waals surface area (Å²) in [6.45, 7) is 2.47. The van der Waals surface area contributed by atoms with Gasteiger partial charge in [-0.25, -0.2) is 0 Å². The van der Waals surface area contributed by atoms with Gasteiger partial charge in [-0.05, 0) is 63.1 Å². The molecule has 0 aliphatic carbocycles. The van der Waals surface area contributed by atoms with Gasteiger partial charge in [0.05, 0.1) is 19.3 Å². The van der Waals surface area contributed by atoms with Crippen LogP contribution in [-0.4, -0.2) is 60.0 Å². The summed E-state index contributed by atoms with van der Waals surface area (Å²) >= 11 is 1.30. The lowest BCUT2D eigenvalue weighted by Crippen LogP contribution is -2.62. The van der Waals surface area contributed by atoms with E-state index in [1.165, 1.54) is 11.8 Å². The Morgan fingerprint density at radius 2 is 1.94 bits per heavy atom. The van der Waals surface area contributed by atoms with Crippen molar-refractivity contribution in [2.75, 3.05) is 20.0 Å². The van der Waals surface area contributed by atoms with Crippen molar-refractivity contribution < 1.29 is 23.8 Å². The van der Waals surface area contributed by atoms with E-state index >= 15 is 0 Å². The monoisotopic (exact) mass is 514 g/mol. The molecule has 4 rings (SSSR count). The van der Waals surface area contributed by atoms with Crippen LogP contribution in [0.4, 0.5) is 4.79 Å². The van der Waals surface area contributed by atoms with Gasteiger partial charge in [0.2, 0.25) is 5.91 Å². The van der Waals surface area contributed by atoms with Crippen molar-refractivity contribution in [3.8, 4) is 5.75 Å². The van der Waals surface area contributed by atoms with E-state index < -0.39 is 5.79 Å². The first-order valence-corrected chi connectivity index (χ1v) is 13.8. The van der Waals surface area contributed by atoms with Gasteiger partial charge in [0.15, 0.2) is 5.79 Å². The SMILES string of the molecule is COc1ccc(CN2C(=O)SCC2[C@@]2(OC)C[C@H]3C[C@@H](CCCC=CCCC(C)=CC(=O)N3)O2)cc1. The summed E-state index contributed by atoms with van der Waals surface area (Å²) in [7, 11) is 3.30. The largest absolute Gasteiger partial charge is 0.497 e. The van der Waals surface area contributed by atoms with Gasteiger partial charge >= 0.3 is 0 Å². The number of allylic oxidation sites excluding steroid dienone is 3. The van der Waals surface area contributed by atoms with Crippen LogP contribution in [0.5, 0.6) is 5.75 Å². The van der Waals surface area contributed by atoms with Gasteiger partial charge in [0.25, 0.3) is 5.24 Å². The Morgan fingerprint density at radius 1 is 1.17 bits per heavy atom. The Bertz CT molecular complexity index is 979. The van der Waals surface area contributed by atoms with Crippen molar-refractivity contribution in [2.24, 2.45) is 0 Å². The first-order chi connectivity index (χ1) is 17.4. The summed E-state index contributed by atoms with van der Waals surface area (Å²) in [5.74, 6) is 0.300. The third-order valence-electron chi connectivity index (χ3n) is 7.28. The van der Waals surface area contributed by atoms with Crippen LogP contribution in [-0.2, 0) is 20.8 Å². The van der Waals surface area contributed by atoms with Gasteiger partial charge in [0.1, 0.15) is 5.75 Å². The minimum Gasteiger partial charge on any atom is -0.497 e. The fraction of sp³-hybridized carbons (Fsp3) is 0.571. The van der Waals surface area contributed by atoms with Gasteiger partial charge in [-0.15, -0.1) is 0 Å². The Kier molecular flexibility index (Phi) is 9.14. The molecule has 2 fully saturated rings. The molecule has 2 bridgehead atoms. The van der Waals surface area contributed by atoms with Crippen LogP contribution in [0, 0.1) is 0 Å². The Labute approximate surface area is 218 Å². The molecular weight excluding hydrogens is 476 g/mol. The smallest absolute Gasteiger partial charge is 0.282 e. The third-order valence-corrected chi connectivity index (χ3v) is 8.24. The lowest BCUT2D eigenvalue weighted by molar-refractivity contribution is -0.294. The van der Waals surface area contributed by atoms with Gasteiger partial charge in [-0.1, -0.05) is 41.6 Å². The second-order valence-corrected chi connectivity index (χ2v) is 10.9. The van der Waals surface area contributed by atoms with Crippen LogP contribution >= 0.6 is 11.8 Å². The number of ether oxygens (including phenoxy) is 3. The van der Waals surface area contributed by atoms with Crippen LogP contribution < -0.4 is 10.1 Å². The summed E-state index contributed by atoms with van der Waals surface area (Å²) in [5, 5.41) is 3.23. The molecule has 196 valence electrons. The maximum absolute atomic E-state index is 13.0. The quantitative estimate of drug-likeness (QED) is 0.544. The highest BCUT2D eigenvalue weighted by atomic mass is 32.2. The van der Waals surface area contributed by atoms with Crippen molar-refractivity contribution >= 4 is 22.9 Å². The second-order valence-electron chi connectivity index (χ2n) is 9.90. The standard InChI is InChI=1S/C28H38N2O5S/c1-20-9-7-5-4-6-8-10-24-16-22(29-26(31)15-20)17-28(34-3,35-24)25-19-36-27(32)30(25)18-21-11-13-23(33-2)14-12-21/h4-5,11-15,22,24-25H,6-10,16-19H2,1-3H3,(H,29,31)/t22-,24-,25?,28-/m1/s1. The molecule has 0 radical (unpaired) electrons. The zero-order chi connectivity index (χ0) is 25.5. The van der Waals surface area contributed by atoms with E-state index in [2.05, 4.69) is 17.5 Å². The summed E-state index contributed by atoms with van der Waals surface area (Å²) in [5.41, 5.74) is 2.08.